The van der Waals surface area contributed by atoms with Gasteiger partial charge in [-0.15, -0.1) is 23.5 Å². The maximum Gasteiger partial charge on any atom is 0.200 e. The van der Waals surface area contributed by atoms with Crippen molar-refractivity contribution in [3.63, 3.8) is 0 Å². The van der Waals surface area contributed by atoms with Crippen molar-refractivity contribution in [1.82, 2.24) is 0 Å². The predicted octanol–water partition coefficient (Wildman–Crippen LogP) is 2.80. The Kier molecular flexibility index (Phi) is 2.71. The molecule has 2 nitrogen and oxygen atoms in total. The van der Waals surface area contributed by atoms with Crippen LogP contribution in [0.15, 0.2) is 36.1 Å². The molecule has 0 aromatic heterocycles. The SMILES string of the molecule is COC1=C(c2ccccc2)C(=O)C12SCCS2. The summed E-state index contributed by atoms with van der Waals surface area (Å²) < 4.78 is 5.05. The number of ketones is 1. The number of benzene rings is 1. The van der Waals surface area contributed by atoms with Crippen LogP contribution in [-0.2, 0) is 9.53 Å². The highest BCUT2D eigenvalue weighted by atomic mass is 32.2. The van der Waals surface area contributed by atoms with Crippen molar-refractivity contribution in [2.45, 2.75) is 4.08 Å². The van der Waals surface area contributed by atoms with Gasteiger partial charge in [0.15, 0.2) is 4.08 Å². The van der Waals surface area contributed by atoms with Crippen LogP contribution in [0, 0.1) is 0 Å². The summed E-state index contributed by atoms with van der Waals surface area (Å²) in [6.07, 6.45) is 0. The molecular formula is C13H12O2S2. The van der Waals surface area contributed by atoms with Crippen LogP contribution >= 0.6 is 23.5 Å². The smallest absolute Gasteiger partial charge is 0.200 e. The number of hydrogen-bond donors (Lipinski definition) is 0. The number of rotatable bonds is 2. The first-order chi connectivity index (χ1) is 8.29. The van der Waals surface area contributed by atoms with Gasteiger partial charge in [-0.2, -0.15) is 0 Å². The van der Waals surface area contributed by atoms with Crippen LogP contribution in [0.4, 0.5) is 0 Å². The maximum absolute atomic E-state index is 12.4. The molecule has 1 aromatic rings. The summed E-state index contributed by atoms with van der Waals surface area (Å²) in [5, 5.41) is 0. The number of allylic oxidation sites excluding steroid dienone is 1. The van der Waals surface area contributed by atoms with E-state index in [0.717, 1.165) is 28.4 Å². The summed E-state index contributed by atoms with van der Waals surface area (Å²) in [6.45, 7) is 0. The van der Waals surface area contributed by atoms with Crippen LogP contribution in [0.2, 0.25) is 0 Å². The summed E-state index contributed by atoms with van der Waals surface area (Å²) in [5.74, 6) is 3.10. The minimum Gasteiger partial charge on any atom is -0.497 e. The van der Waals surface area contributed by atoms with Gasteiger partial charge in [-0.1, -0.05) is 30.3 Å². The Morgan fingerprint density at radius 2 is 1.82 bits per heavy atom. The Morgan fingerprint density at radius 3 is 2.41 bits per heavy atom. The predicted molar refractivity (Wildman–Crippen MR) is 73.0 cm³/mol. The Hall–Kier alpha value is -0.870. The van der Waals surface area contributed by atoms with Crippen LogP contribution in [-0.4, -0.2) is 28.5 Å². The zero-order valence-corrected chi connectivity index (χ0v) is 11.1. The Balaban J connectivity index is 2.08. The summed E-state index contributed by atoms with van der Waals surface area (Å²) >= 11 is 3.40. The van der Waals surface area contributed by atoms with Crippen LogP contribution in [0.5, 0.6) is 0 Å². The van der Waals surface area contributed by atoms with E-state index < -0.39 is 4.08 Å². The normalized spacial score (nSPS) is 21.8. The van der Waals surface area contributed by atoms with E-state index in [-0.39, 0.29) is 5.78 Å². The lowest BCUT2D eigenvalue weighted by Gasteiger charge is -2.38. The molecule has 1 saturated heterocycles. The third-order valence-corrected chi connectivity index (χ3v) is 6.35. The van der Waals surface area contributed by atoms with E-state index in [4.69, 9.17) is 4.74 Å². The highest BCUT2D eigenvalue weighted by Gasteiger charge is 2.58. The fraction of sp³-hybridized carbons (Fsp3) is 0.308. The van der Waals surface area contributed by atoms with E-state index in [2.05, 4.69) is 0 Å². The first kappa shape index (κ1) is 11.2. The molecule has 1 fully saturated rings. The molecule has 88 valence electrons. The van der Waals surface area contributed by atoms with Gasteiger partial charge in [0.25, 0.3) is 0 Å². The molecule has 0 saturated carbocycles. The zero-order valence-electron chi connectivity index (χ0n) is 9.43. The van der Waals surface area contributed by atoms with Crippen LogP contribution in [0.25, 0.3) is 5.57 Å². The number of Topliss-reactive ketones (excluding diaryl/α,β-unsaturated/α-hetero) is 1. The molecule has 1 aromatic carbocycles. The fourth-order valence-electron chi connectivity index (χ4n) is 2.25. The third kappa shape index (κ3) is 1.47. The molecule has 0 unspecified atom stereocenters. The highest BCUT2D eigenvalue weighted by Crippen LogP contribution is 2.59. The van der Waals surface area contributed by atoms with Crippen molar-refractivity contribution in [3.8, 4) is 0 Å². The van der Waals surface area contributed by atoms with E-state index in [0.29, 0.717) is 0 Å². The highest BCUT2D eigenvalue weighted by molar-refractivity contribution is 8.23. The molecule has 0 atom stereocenters. The van der Waals surface area contributed by atoms with E-state index >= 15 is 0 Å². The number of thioether (sulfide) groups is 2. The molecule has 3 rings (SSSR count). The minimum atomic E-state index is -0.431. The first-order valence-corrected chi connectivity index (χ1v) is 7.43. The van der Waals surface area contributed by atoms with Gasteiger partial charge in [0.1, 0.15) is 5.76 Å². The number of ether oxygens (including phenoxy) is 1. The number of carbonyl (C=O) groups is 1. The van der Waals surface area contributed by atoms with Gasteiger partial charge in [-0.3, -0.25) is 4.79 Å². The van der Waals surface area contributed by atoms with E-state index in [1.807, 2.05) is 30.3 Å². The zero-order chi connectivity index (χ0) is 11.9. The van der Waals surface area contributed by atoms with Crippen LogP contribution in [0.3, 0.4) is 0 Å². The summed E-state index contributed by atoms with van der Waals surface area (Å²) in [5.41, 5.74) is 1.73. The van der Waals surface area contributed by atoms with Crippen molar-refractivity contribution >= 4 is 34.9 Å². The lowest BCUT2D eigenvalue weighted by molar-refractivity contribution is -0.115. The average Bonchev–Trinajstić information content (AvgIpc) is 2.87. The van der Waals surface area contributed by atoms with Gasteiger partial charge in [-0.05, 0) is 5.56 Å². The number of carbonyl (C=O) groups excluding carboxylic acids is 1. The van der Waals surface area contributed by atoms with Crippen molar-refractivity contribution in [3.05, 3.63) is 41.7 Å². The van der Waals surface area contributed by atoms with Gasteiger partial charge >= 0.3 is 0 Å². The first-order valence-electron chi connectivity index (χ1n) is 5.46. The molecule has 1 spiro atoms. The second-order valence-corrected chi connectivity index (χ2v) is 6.79. The molecule has 2 aliphatic rings. The molecule has 1 heterocycles. The quantitative estimate of drug-likeness (QED) is 0.820. The molecule has 17 heavy (non-hydrogen) atoms. The van der Waals surface area contributed by atoms with Gasteiger partial charge < -0.3 is 4.74 Å². The standard InChI is InChI=1S/C13H12O2S2/c1-15-12-10(9-5-3-2-4-6-9)11(14)13(12)16-7-8-17-13/h2-6H,7-8H2,1H3. The lowest BCUT2D eigenvalue weighted by Crippen LogP contribution is -2.43. The third-order valence-electron chi connectivity index (χ3n) is 3.01. The van der Waals surface area contributed by atoms with Crippen molar-refractivity contribution in [2.24, 2.45) is 0 Å². The molecule has 4 heteroatoms. The van der Waals surface area contributed by atoms with Crippen LogP contribution in [0.1, 0.15) is 5.56 Å². The molecule has 1 aliphatic carbocycles. The molecule has 0 N–H and O–H groups in total. The largest absolute Gasteiger partial charge is 0.497 e. The van der Waals surface area contributed by atoms with E-state index in [1.54, 1.807) is 30.6 Å². The second kappa shape index (κ2) is 4.10. The fourth-order valence-corrected chi connectivity index (χ4v) is 5.43. The summed E-state index contributed by atoms with van der Waals surface area (Å²) in [7, 11) is 1.66. The van der Waals surface area contributed by atoms with E-state index in [1.165, 1.54) is 0 Å². The van der Waals surface area contributed by atoms with Crippen molar-refractivity contribution < 1.29 is 9.53 Å². The Morgan fingerprint density at radius 1 is 1.18 bits per heavy atom. The molecular weight excluding hydrogens is 252 g/mol. The van der Waals surface area contributed by atoms with Crippen molar-refractivity contribution in [2.75, 3.05) is 18.6 Å². The Labute approximate surface area is 109 Å². The van der Waals surface area contributed by atoms with Crippen LogP contribution < -0.4 is 0 Å². The molecule has 1 aliphatic heterocycles. The molecule has 0 bridgehead atoms. The average molecular weight is 264 g/mol. The van der Waals surface area contributed by atoms with Gasteiger partial charge in [-0.25, -0.2) is 0 Å². The summed E-state index contributed by atoms with van der Waals surface area (Å²) in [4.78, 5) is 12.4. The number of methoxy groups -OCH3 is 1. The minimum absolute atomic E-state index is 0.216. The maximum atomic E-state index is 12.4. The van der Waals surface area contributed by atoms with Gasteiger partial charge in [0.05, 0.1) is 12.7 Å². The van der Waals surface area contributed by atoms with Crippen molar-refractivity contribution in [1.29, 1.82) is 0 Å². The molecule has 0 amide bonds. The monoisotopic (exact) mass is 264 g/mol. The number of hydrogen-bond acceptors (Lipinski definition) is 4. The van der Waals surface area contributed by atoms with E-state index in [9.17, 15) is 4.79 Å². The van der Waals surface area contributed by atoms with Gasteiger partial charge in [0, 0.05) is 11.5 Å². The topological polar surface area (TPSA) is 26.3 Å². The Bertz CT molecular complexity index is 487. The molecule has 0 radical (unpaired) electrons. The lowest BCUT2D eigenvalue weighted by atomic mass is 9.87. The summed E-state index contributed by atoms with van der Waals surface area (Å²) in [6, 6.07) is 9.77. The van der Waals surface area contributed by atoms with Gasteiger partial charge in [0.2, 0.25) is 5.78 Å². The second-order valence-electron chi connectivity index (χ2n) is 3.92.